The van der Waals surface area contributed by atoms with Crippen LogP contribution in [0, 0.1) is 18.8 Å². The molecule has 2 aliphatic heterocycles. The van der Waals surface area contributed by atoms with E-state index in [1.54, 1.807) is 23.8 Å². The minimum atomic E-state index is -1.17. The second kappa shape index (κ2) is 5.64. The zero-order valence-corrected chi connectivity index (χ0v) is 15.7. The number of carboxylic acid groups (broad SMARTS) is 1. The van der Waals surface area contributed by atoms with Crippen molar-refractivity contribution in [2.45, 2.75) is 32.9 Å². The Kier molecular flexibility index (Phi) is 3.69. The summed E-state index contributed by atoms with van der Waals surface area (Å²) in [6.45, 7) is 5.25. The van der Waals surface area contributed by atoms with E-state index in [9.17, 15) is 24.6 Å². The summed E-state index contributed by atoms with van der Waals surface area (Å²) in [7, 11) is 0. The molecule has 142 valence electrons. The Morgan fingerprint density at radius 2 is 2.07 bits per heavy atom. The summed E-state index contributed by atoms with van der Waals surface area (Å²) >= 11 is 1.34. The van der Waals surface area contributed by atoms with E-state index >= 15 is 0 Å². The zero-order valence-electron chi connectivity index (χ0n) is 14.9. The van der Waals surface area contributed by atoms with Crippen molar-refractivity contribution < 1.29 is 29.0 Å². The summed E-state index contributed by atoms with van der Waals surface area (Å²) < 4.78 is 3.03. The third-order valence-electron chi connectivity index (χ3n) is 5.50. The summed E-state index contributed by atoms with van der Waals surface area (Å²) in [5.41, 5.74) is 6.62. The largest absolute Gasteiger partial charge is 0.477 e. The zero-order chi connectivity index (χ0) is 19.8. The lowest BCUT2D eigenvalue weighted by atomic mass is 9.77. The number of nitrogens with zero attached hydrogens (tertiary/aromatic N) is 3. The molecular formula is C17H19N4O5S+. The average molecular weight is 391 g/mol. The first-order valence-electron chi connectivity index (χ1n) is 8.46. The van der Waals surface area contributed by atoms with Gasteiger partial charge in [0.25, 0.3) is 6.33 Å². The van der Waals surface area contributed by atoms with Crippen molar-refractivity contribution in [2.24, 2.45) is 17.6 Å². The topological polar surface area (TPSA) is 130 Å². The number of aliphatic hydroxyl groups excluding tert-OH is 1. The predicted molar refractivity (Wildman–Crippen MR) is 94.7 cm³/mol. The van der Waals surface area contributed by atoms with Gasteiger partial charge in [0.05, 0.1) is 22.9 Å². The molecule has 2 amide bonds. The molecule has 0 bridgehead atoms. The van der Waals surface area contributed by atoms with Crippen molar-refractivity contribution in [1.82, 2.24) is 9.47 Å². The number of carbonyl (C=O) groups is 3. The van der Waals surface area contributed by atoms with Crippen LogP contribution in [0.2, 0.25) is 0 Å². The molecule has 2 aromatic heterocycles. The second-order valence-electron chi connectivity index (χ2n) is 7.04. The lowest BCUT2D eigenvalue weighted by Gasteiger charge is -2.46. The highest BCUT2D eigenvalue weighted by Crippen LogP contribution is 2.51. The van der Waals surface area contributed by atoms with Gasteiger partial charge >= 0.3 is 12.0 Å². The lowest BCUT2D eigenvalue weighted by molar-refractivity contribution is -0.515. The molecule has 2 aromatic rings. The molecule has 10 heteroatoms. The number of aliphatic carboxylic acids is 1. The van der Waals surface area contributed by atoms with Crippen molar-refractivity contribution in [1.29, 1.82) is 0 Å². The van der Waals surface area contributed by atoms with Gasteiger partial charge in [-0.05, 0) is 13.8 Å². The van der Waals surface area contributed by atoms with E-state index in [4.69, 9.17) is 5.73 Å². The Balaban J connectivity index is 1.87. The number of aromatic nitrogens is 2. The monoisotopic (exact) mass is 391 g/mol. The first-order valence-corrected chi connectivity index (χ1v) is 9.28. The van der Waals surface area contributed by atoms with Gasteiger partial charge in [-0.2, -0.15) is 8.97 Å². The first kappa shape index (κ1) is 17.7. The number of β-lactam (4-membered cyclic amide) rings is 1. The fourth-order valence-corrected chi connectivity index (χ4v) is 5.54. The van der Waals surface area contributed by atoms with Crippen LogP contribution >= 0.6 is 11.3 Å². The molecule has 0 aromatic carbocycles. The Bertz CT molecular complexity index is 1050. The van der Waals surface area contributed by atoms with E-state index < -0.39 is 24.0 Å². The van der Waals surface area contributed by atoms with E-state index in [1.807, 2.05) is 13.8 Å². The summed E-state index contributed by atoms with van der Waals surface area (Å²) in [5, 5.41) is 19.7. The summed E-state index contributed by atoms with van der Waals surface area (Å²) in [6.07, 6.45) is 2.29. The molecule has 0 unspecified atom stereocenters. The molecule has 1 saturated heterocycles. The van der Waals surface area contributed by atoms with Gasteiger partial charge in [0.2, 0.25) is 10.7 Å². The van der Waals surface area contributed by atoms with Crippen LogP contribution < -0.4 is 10.1 Å². The van der Waals surface area contributed by atoms with Gasteiger partial charge in [-0.3, -0.25) is 4.79 Å². The van der Waals surface area contributed by atoms with Crippen LogP contribution in [0.15, 0.2) is 18.2 Å². The number of aliphatic hydroxyl groups is 1. The van der Waals surface area contributed by atoms with E-state index in [0.29, 0.717) is 5.57 Å². The van der Waals surface area contributed by atoms with Crippen molar-refractivity contribution >= 4 is 39.6 Å². The number of rotatable bonds is 3. The fraction of sp³-hybridized carbons (Fsp3) is 0.412. The third-order valence-corrected chi connectivity index (χ3v) is 6.73. The summed E-state index contributed by atoms with van der Waals surface area (Å²) in [4.78, 5) is 38.6. The highest BCUT2D eigenvalue weighted by Gasteiger charge is 2.60. The molecule has 0 spiro atoms. The Hall–Kier alpha value is -2.72. The standard InChI is InChI=1S/C17H18N4O5S/c1-6-10(13(16(24)25)21-12(6)11(8(3)22)15(21)23)14-7(2)20-5-19(17(18)26)4-9(20)27-14/h4-6,8,11-12,22H,1-3H3,(H2-,18,24,25,26)/p+1/t6-,8+,11+,12+/m0/s1. The second-order valence-corrected chi connectivity index (χ2v) is 8.07. The van der Waals surface area contributed by atoms with E-state index in [0.717, 1.165) is 15.4 Å². The molecule has 9 nitrogen and oxygen atoms in total. The summed E-state index contributed by atoms with van der Waals surface area (Å²) in [6, 6.07) is -0.976. The third kappa shape index (κ3) is 2.20. The molecule has 4 rings (SSSR count). The fourth-order valence-electron chi connectivity index (χ4n) is 4.25. The normalized spacial score (nSPS) is 25.7. The van der Waals surface area contributed by atoms with Crippen molar-refractivity contribution in [3.63, 3.8) is 0 Å². The highest BCUT2D eigenvalue weighted by atomic mass is 32.1. The number of hydrogen-bond donors (Lipinski definition) is 3. The van der Waals surface area contributed by atoms with Gasteiger partial charge in [-0.15, -0.1) is 0 Å². The molecular weight excluding hydrogens is 372 g/mol. The Labute approximate surface area is 157 Å². The Morgan fingerprint density at radius 3 is 2.59 bits per heavy atom. The number of primary amides is 1. The number of nitrogens with two attached hydrogens (primary N) is 1. The molecule has 0 aliphatic carbocycles. The molecule has 4 heterocycles. The molecule has 0 saturated carbocycles. The van der Waals surface area contributed by atoms with E-state index in [-0.39, 0.29) is 23.6 Å². The molecule has 0 radical (unpaired) electrons. The number of hydrogen-bond acceptors (Lipinski definition) is 5. The van der Waals surface area contributed by atoms with Crippen LogP contribution in [0.4, 0.5) is 4.79 Å². The molecule has 2 aliphatic rings. The van der Waals surface area contributed by atoms with Crippen LogP contribution in [0.25, 0.3) is 10.4 Å². The number of carbonyl (C=O) groups excluding carboxylic acids is 2. The minimum Gasteiger partial charge on any atom is -0.477 e. The number of fused-ring (bicyclic) bond motifs is 2. The number of imidazole rings is 1. The van der Waals surface area contributed by atoms with Gasteiger partial charge in [-0.25, -0.2) is 9.59 Å². The van der Waals surface area contributed by atoms with E-state index in [2.05, 4.69) is 0 Å². The first-order chi connectivity index (χ1) is 12.6. The van der Waals surface area contributed by atoms with Crippen LogP contribution in [-0.4, -0.2) is 49.7 Å². The molecule has 27 heavy (non-hydrogen) atoms. The van der Waals surface area contributed by atoms with Crippen LogP contribution in [0.3, 0.4) is 0 Å². The van der Waals surface area contributed by atoms with Crippen molar-refractivity contribution in [3.8, 4) is 0 Å². The van der Waals surface area contributed by atoms with Crippen molar-refractivity contribution in [2.75, 3.05) is 0 Å². The highest BCUT2D eigenvalue weighted by molar-refractivity contribution is 7.18. The van der Waals surface area contributed by atoms with Gasteiger partial charge in [0.1, 0.15) is 11.4 Å². The van der Waals surface area contributed by atoms with E-state index in [1.165, 1.54) is 20.8 Å². The van der Waals surface area contributed by atoms with Crippen LogP contribution in [0.5, 0.6) is 0 Å². The van der Waals surface area contributed by atoms with Gasteiger partial charge in [0.15, 0.2) is 6.20 Å². The van der Waals surface area contributed by atoms with Crippen LogP contribution in [0.1, 0.15) is 24.4 Å². The lowest BCUT2D eigenvalue weighted by Crippen LogP contribution is -2.63. The maximum Gasteiger partial charge on any atom is 0.410 e. The van der Waals surface area contributed by atoms with Gasteiger partial charge in [0, 0.05) is 11.5 Å². The molecule has 4 atom stereocenters. The molecule has 4 N–H and O–H groups in total. The average Bonchev–Trinajstić information content (AvgIpc) is 3.18. The SMILES string of the molecule is Cc1c(C2=C(C(=O)O)N3C(=O)[C@H]([C@@H](C)O)[C@H]3[C@H]2C)sc2cn(C(N)=O)c[n+]12. The van der Waals surface area contributed by atoms with Crippen molar-refractivity contribution in [3.05, 3.63) is 28.8 Å². The summed E-state index contributed by atoms with van der Waals surface area (Å²) in [5.74, 6) is -2.36. The smallest absolute Gasteiger partial charge is 0.410 e. The maximum absolute atomic E-state index is 12.5. The molecule has 1 fully saturated rings. The number of amides is 2. The maximum atomic E-state index is 12.5. The van der Waals surface area contributed by atoms with Gasteiger partial charge < -0.3 is 20.8 Å². The van der Waals surface area contributed by atoms with Gasteiger partial charge in [-0.1, -0.05) is 18.3 Å². The number of aryl methyl sites for hydroxylation is 1. The number of carboxylic acids is 1. The Morgan fingerprint density at radius 1 is 1.41 bits per heavy atom. The predicted octanol–water partition coefficient (Wildman–Crippen LogP) is 0.177. The minimum absolute atomic E-state index is 0.0234. The van der Waals surface area contributed by atoms with Crippen LogP contribution in [-0.2, 0) is 9.59 Å². The quantitative estimate of drug-likeness (QED) is 0.507. The number of thiazole rings is 1.